The minimum absolute atomic E-state index is 0.626. The maximum absolute atomic E-state index is 6.20. The quantitative estimate of drug-likeness (QED) is 0.108. The van der Waals surface area contributed by atoms with Gasteiger partial charge < -0.3 is 13.3 Å². The van der Waals surface area contributed by atoms with Gasteiger partial charge in [0.05, 0.1) is 0 Å². The Morgan fingerprint density at radius 3 is 0.803 bits per heavy atom. The van der Waals surface area contributed by atoms with Gasteiger partial charge in [0, 0.05) is 82.4 Å². The highest BCUT2D eigenvalue weighted by Gasteiger charge is 2.24. The minimum Gasteiger partial charge on any atom is -0.456 e. The van der Waals surface area contributed by atoms with Crippen LogP contribution in [-0.2, 0) is 0 Å². The standard InChI is InChI=1S/C51H31N3O.2C37H23N3O/c1-2-13-34-29-38(24-23-32(34)11-1)50-52-49(37-16-9-15-35(30-37)40-21-10-14-33-12-3-4-17-39(33)40)53-51(54-50)45-27-26-41(42-18-5-6-19-43(42)45)36-25-28-48-46(31-36)44-20-7-8-22-47(44)55-48;1-3-11-24(12-4-1)35-38-36(25-13-5-2-6-14-25)40-37(39-35)31-21-20-27(28-15-7-8-16-29(28)31)26-19-22-34-32(23-26)30-17-9-10-18-33(30)41-34;1-3-11-24(12-4-1)35-38-36(25-13-5-2-6-14-25)40-37(39-35)32-22-21-27(28-15-7-8-16-29(28)32)26-19-20-31-30-17-9-10-18-33(30)41-34(31)23-26/h1-31H;2*1-23H. The van der Waals surface area contributed by atoms with E-state index in [0.29, 0.717) is 52.4 Å². The lowest BCUT2D eigenvalue weighted by Crippen LogP contribution is -2.01. The van der Waals surface area contributed by atoms with E-state index in [9.17, 15) is 0 Å². The summed E-state index contributed by atoms with van der Waals surface area (Å²) in [5, 5.41) is 18.1. The second-order valence-electron chi connectivity index (χ2n) is 34.1. The fourth-order valence-corrected chi connectivity index (χ4v) is 19.2. The van der Waals surface area contributed by atoms with Crippen LogP contribution in [0, 0.1) is 0 Å². The summed E-state index contributed by atoms with van der Waals surface area (Å²) in [5.41, 5.74) is 23.0. The Hall–Kier alpha value is -18.7. The van der Waals surface area contributed by atoms with Crippen molar-refractivity contribution in [2.45, 2.75) is 0 Å². The zero-order valence-electron chi connectivity index (χ0n) is 73.7. The molecule has 0 bridgehead atoms. The first kappa shape index (κ1) is 80.4. The van der Waals surface area contributed by atoms with Gasteiger partial charge in [-0.3, -0.25) is 0 Å². The summed E-state index contributed by atoms with van der Waals surface area (Å²) >= 11 is 0. The van der Waals surface area contributed by atoms with E-state index < -0.39 is 0 Å². The molecule has 6 aromatic heterocycles. The molecule has 0 spiro atoms. The molecule has 0 amide bonds. The third kappa shape index (κ3) is 15.2. The van der Waals surface area contributed by atoms with Crippen molar-refractivity contribution in [2.75, 3.05) is 0 Å². The zero-order valence-corrected chi connectivity index (χ0v) is 73.7. The van der Waals surface area contributed by atoms with Crippen molar-refractivity contribution in [3.63, 3.8) is 0 Å². The van der Waals surface area contributed by atoms with Gasteiger partial charge in [0.15, 0.2) is 52.4 Å². The molecule has 0 fully saturated rings. The second-order valence-corrected chi connectivity index (χ2v) is 34.1. The Balaban J connectivity index is 0.000000111. The van der Waals surface area contributed by atoms with Crippen molar-refractivity contribution in [1.29, 1.82) is 0 Å². The number of fused-ring (bicyclic) bond motifs is 14. The lowest BCUT2D eigenvalue weighted by atomic mass is 9.94. The Morgan fingerprint density at radius 1 is 0.109 bits per heavy atom. The summed E-state index contributed by atoms with van der Waals surface area (Å²) in [6.07, 6.45) is 0. The molecule has 0 aliphatic heterocycles. The molecule has 0 aliphatic rings. The fourth-order valence-electron chi connectivity index (χ4n) is 19.2. The second kappa shape index (κ2) is 34.6. The molecule has 21 aromatic carbocycles. The van der Waals surface area contributed by atoms with Gasteiger partial charge in [0.2, 0.25) is 0 Å². The van der Waals surface area contributed by atoms with E-state index in [2.05, 4.69) is 303 Å². The molecule has 0 atom stereocenters. The topological polar surface area (TPSA) is 155 Å². The van der Waals surface area contributed by atoms with E-state index in [0.717, 1.165) is 193 Å². The van der Waals surface area contributed by atoms with Gasteiger partial charge in [-0.15, -0.1) is 0 Å². The summed E-state index contributed by atoms with van der Waals surface area (Å²) in [7, 11) is 0. The van der Waals surface area contributed by atoms with Crippen LogP contribution in [0.4, 0.5) is 0 Å². The number of para-hydroxylation sites is 3. The number of furan rings is 3. The number of hydrogen-bond donors (Lipinski definition) is 0. The van der Waals surface area contributed by atoms with E-state index >= 15 is 0 Å². The molecule has 12 nitrogen and oxygen atoms in total. The summed E-state index contributed by atoms with van der Waals surface area (Å²) in [6, 6.07) is 161. The van der Waals surface area contributed by atoms with E-state index in [-0.39, 0.29) is 0 Å². The smallest absolute Gasteiger partial charge is 0.164 e. The molecule has 6 heterocycles. The molecule has 0 aliphatic carbocycles. The van der Waals surface area contributed by atoms with Crippen LogP contribution < -0.4 is 0 Å². The molecule has 0 saturated heterocycles. The zero-order chi connectivity index (χ0) is 90.6. The predicted molar refractivity (Wildman–Crippen MR) is 560 cm³/mol. The van der Waals surface area contributed by atoms with E-state index in [1.54, 1.807) is 0 Å². The van der Waals surface area contributed by atoms with Crippen molar-refractivity contribution >= 4 is 120 Å². The third-order valence-corrected chi connectivity index (χ3v) is 25.8. The van der Waals surface area contributed by atoms with Crippen molar-refractivity contribution in [2.24, 2.45) is 0 Å². The summed E-state index contributed by atoms with van der Waals surface area (Å²) in [4.78, 5) is 45.3. The first-order chi connectivity index (χ1) is 67.9. The van der Waals surface area contributed by atoms with Crippen LogP contribution in [0.3, 0.4) is 0 Å². The molecule has 640 valence electrons. The molecular formula is C125H77N9O3. The molecule has 27 rings (SSSR count). The lowest BCUT2D eigenvalue weighted by molar-refractivity contribution is 0.668. The van der Waals surface area contributed by atoms with E-state index in [1.165, 1.54) is 21.7 Å². The average Bonchev–Trinajstić information content (AvgIpc) is 1.70. The maximum atomic E-state index is 6.20. The number of hydrogen-bond acceptors (Lipinski definition) is 12. The lowest BCUT2D eigenvalue weighted by Gasteiger charge is -2.14. The monoisotopic (exact) mass is 1750 g/mol. The van der Waals surface area contributed by atoms with Crippen LogP contribution in [0.15, 0.2) is 480 Å². The molecule has 0 radical (unpaired) electrons. The van der Waals surface area contributed by atoms with Crippen molar-refractivity contribution in [1.82, 2.24) is 44.9 Å². The average molecular weight is 1750 g/mol. The van der Waals surface area contributed by atoms with Crippen LogP contribution >= 0.6 is 0 Å². The van der Waals surface area contributed by atoms with Crippen LogP contribution in [0.1, 0.15) is 0 Å². The van der Waals surface area contributed by atoms with Crippen LogP contribution in [0.2, 0.25) is 0 Å². The Labute approximate surface area is 786 Å². The van der Waals surface area contributed by atoms with Gasteiger partial charge in [-0.25, -0.2) is 44.9 Å². The molecule has 0 N–H and O–H groups in total. The number of benzene rings is 21. The highest BCUT2D eigenvalue weighted by Crippen LogP contribution is 2.45. The summed E-state index contributed by atoms with van der Waals surface area (Å²) in [5.74, 6) is 5.79. The van der Waals surface area contributed by atoms with Gasteiger partial charge in [-0.05, 0) is 183 Å². The highest BCUT2D eigenvalue weighted by molar-refractivity contribution is 6.13. The van der Waals surface area contributed by atoms with E-state index in [1.807, 2.05) is 164 Å². The van der Waals surface area contributed by atoms with Gasteiger partial charge in [0.25, 0.3) is 0 Å². The third-order valence-electron chi connectivity index (χ3n) is 25.8. The molecule has 0 saturated carbocycles. The first-order valence-electron chi connectivity index (χ1n) is 45.8. The molecule has 12 heteroatoms. The maximum Gasteiger partial charge on any atom is 0.164 e. The molecule has 0 unspecified atom stereocenters. The number of rotatable bonds is 13. The van der Waals surface area contributed by atoms with Crippen molar-refractivity contribution < 1.29 is 13.3 Å². The summed E-state index contributed by atoms with van der Waals surface area (Å²) in [6.45, 7) is 0. The highest BCUT2D eigenvalue weighted by atomic mass is 16.3. The minimum atomic E-state index is 0.626. The van der Waals surface area contributed by atoms with Gasteiger partial charge in [-0.2, -0.15) is 0 Å². The van der Waals surface area contributed by atoms with Gasteiger partial charge in [0.1, 0.15) is 33.5 Å². The molecular weight excluding hydrogens is 1680 g/mol. The normalized spacial score (nSPS) is 11.5. The van der Waals surface area contributed by atoms with Crippen LogP contribution in [0.25, 0.3) is 267 Å². The van der Waals surface area contributed by atoms with Gasteiger partial charge in [-0.1, -0.05) is 382 Å². The Bertz CT molecular complexity index is 9260. The molecule has 27 aromatic rings. The summed E-state index contributed by atoms with van der Waals surface area (Å²) < 4.78 is 18.4. The Kier molecular flexibility index (Phi) is 20.3. The van der Waals surface area contributed by atoms with Crippen molar-refractivity contribution in [3.8, 4) is 147 Å². The number of nitrogens with zero attached hydrogens (tertiary/aromatic N) is 9. The Morgan fingerprint density at radius 2 is 0.365 bits per heavy atom. The largest absolute Gasteiger partial charge is 0.456 e. The molecule has 137 heavy (non-hydrogen) atoms. The fraction of sp³-hybridized carbons (Fsp3) is 0. The predicted octanol–water partition coefficient (Wildman–Crippen LogP) is 32.8. The van der Waals surface area contributed by atoms with Crippen LogP contribution in [-0.4, -0.2) is 44.9 Å². The van der Waals surface area contributed by atoms with E-state index in [4.69, 9.17) is 58.1 Å². The SMILES string of the molecule is c1cc(-c2nc(-c3ccc4ccccc4c3)nc(-c3ccc(-c4ccc5oc6ccccc6c5c4)c4ccccc34)n2)cc(-c2cccc3ccccc23)c1.c1ccc(-c2nc(-c3ccccc3)nc(-c3ccc(-c4ccc5c(c4)oc4ccccc45)c4ccccc34)n2)cc1.c1ccc(-c2nc(-c3ccccc3)nc(-c3ccc(-c4ccc5oc6ccccc6c5c4)c4ccccc34)n2)cc1. The van der Waals surface area contributed by atoms with Crippen molar-refractivity contribution in [3.05, 3.63) is 467 Å². The van der Waals surface area contributed by atoms with Gasteiger partial charge >= 0.3 is 0 Å². The number of aromatic nitrogens is 9. The first-order valence-corrected chi connectivity index (χ1v) is 45.8. The van der Waals surface area contributed by atoms with Crippen LogP contribution in [0.5, 0.6) is 0 Å².